The van der Waals surface area contributed by atoms with Crippen LogP contribution >= 0.6 is 0 Å². The van der Waals surface area contributed by atoms with Crippen molar-refractivity contribution in [3.05, 3.63) is 0 Å². The van der Waals surface area contributed by atoms with Crippen molar-refractivity contribution in [3.8, 4) is 0 Å². The van der Waals surface area contributed by atoms with E-state index in [9.17, 15) is 0 Å². The Kier molecular flexibility index (Phi) is 2.38. The minimum Gasteiger partial charge on any atom is -0.0689 e. The van der Waals surface area contributed by atoms with Gasteiger partial charge in [-0.3, -0.25) is 0 Å². The molecule has 0 aromatic rings. The van der Waals surface area contributed by atoms with Crippen LogP contribution in [0, 0.1) is 11.3 Å². The van der Waals surface area contributed by atoms with Crippen molar-refractivity contribution in [1.82, 2.24) is 0 Å². The van der Waals surface area contributed by atoms with Gasteiger partial charge in [0.1, 0.15) is 0 Å². The molecule has 2 bridgehead atoms. The second-order valence-corrected chi connectivity index (χ2v) is 12.7. The number of hydrogen-bond donors (Lipinski definition) is 0. The highest BCUT2D eigenvalue weighted by Crippen LogP contribution is 2.62. The highest BCUT2D eigenvalue weighted by Gasteiger charge is 2.54. The first-order chi connectivity index (χ1) is 6.31. The fourth-order valence-corrected chi connectivity index (χ4v) is 9.14. The van der Waals surface area contributed by atoms with Crippen LogP contribution < -0.4 is 0 Å². The predicted molar refractivity (Wildman–Crippen MR) is 66.4 cm³/mol. The van der Waals surface area contributed by atoms with Gasteiger partial charge in [-0.1, -0.05) is 46.7 Å². The number of hydrogen-bond acceptors (Lipinski definition) is 0. The van der Waals surface area contributed by atoms with E-state index in [1.165, 1.54) is 12.0 Å². The quantitative estimate of drug-likeness (QED) is 0.551. The summed E-state index contributed by atoms with van der Waals surface area (Å²) in [4.78, 5) is 0. The minimum absolute atomic E-state index is 0.555. The van der Waals surface area contributed by atoms with Crippen LogP contribution in [0.3, 0.4) is 0 Å². The molecule has 0 aromatic heterocycles. The molecule has 0 spiro atoms. The molecule has 1 aliphatic carbocycles. The zero-order valence-electron chi connectivity index (χ0n) is 10.6. The lowest BCUT2D eigenvalue weighted by Gasteiger charge is -2.40. The molecule has 3 unspecified atom stereocenters. The number of fused-ring (bicyclic) bond motifs is 2. The maximum Gasteiger partial charge on any atom is 0.0539 e. The Bertz CT molecular complexity index is 224. The van der Waals surface area contributed by atoms with Gasteiger partial charge < -0.3 is 0 Å². The Balaban J connectivity index is 2.12. The molecule has 0 N–H and O–H groups in total. The maximum atomic E-state index is 2.66. The second kappa shape index (κ2) is 3.10. The summed E-state index contributed by atoms with van der Waals surface area (Å²) in [6, 6.07) is 0. The lowest BCUT2D eigenvalue weighted by molar-refractivity contribution is 0.323. The van der Waals surface area contributed by atoms with Crippen molar-refractivity contribution >= 4 is 8.07 Å². The van der Waals surface area contributed by atoms with Gasteiger partial charge in [0.05, 0.1) is 8.07 Å². The van der Waals surface area contributed by atoms with Gasteiger partial charge >= 0.3 is 0 Å². The highest BCUT2D eigenvalue weighted by atomic mass is 28.3. The standard InChI is InChI=1S/C13H26Si/c1-13(2,3)9-12-10-6-7-11(8-10)14(12,4)5/h10-12H,6-9H2,1-5H3. The largest absolute Gasteiger partial charge is 0.0689 e. The Morgan fingerprint density at radius 2 is 1.79 bits per heavy atom. The first kappa shape index (κ1) is 10.7. The molecule has 1 saturated heterocycles. The van der Waals surface area contributed by atoms with Crippen molar-refractivity contribution in [1.29, 1.82) is 0 Å². The lowest BCUT2D eigenvalue weighted by Crippen LogP contribution is -2.38. The van der Waals surface area contributed by atoms with Gasteiger partial charge in [-0.2, -0.15) is 0 Å². The SMILES string of the molecule is CC(C)(C)CC1C2CCC(C2)[Si]1(C)C. The van der Waals surface area contributed by atoms with Crippen LogP contribution in [0.4, 0.5) is 0 Å². The Hall–Kier alpha value is 0.217. The van der Waals surface area contributed by atoms with E-state index in [1.807, 2.05) is 0 Å². The van der Waals surface area contributed by atoms with E-state index in [0.717, 1.165) is 11.5 Å². The molecule has 1 aliphatic heterocycles. The number of rotatable bonds is 1. The fraction of sp³-hybridized carbons (Fsp3) is 1.00. The summed E-state index contributed by atoms with van der Waals surface area (Å²) in [5.74, 6) is 1.13. The first-order valence-electron chi connectivity index (χ1n) is 6.31. The average Bonchev–Trinajstić information content (AvgIpc) is 2.51. The van der Waals surface area contributed by atoms with Crippen LogP contribution in [-0.2, 0) is 0 Å². The summed E-state index contributed by atoms with van der Waals surface area (Å²) in [6.45, 7) is 12.6. The fourth-order valence-electron chi connectivity index (χ4n) is 4.06. The van der Waals surface area contributed by atoms with Crippen molar-refractivity contribution in [3.63, 3.8) is 0 Å². The van der Waals surface area contributed by atoms with E-state index in [-0.39, 0.29) is 0 Å². The van der Waals surface area contributed by atoms with Crippen LogP contribution in [0.15, 0.2) is 0 Å². The zero-order chi connectivity index (χ0) is 10.6. The molecular weight excluding hydrogens is 184 g/mol. The molecule has 3 atom stereocenters. The predicted octanol–water partition coefficient (Wildman–Crippen LogP) is 4.69. The Morgan fingerprint density at radius 1 is 1.14 bits per heavy atom. The van der Waals surface area contributed by atoms with E-state index in [0.29, 0.717) is 5.41 Å². The lowest BCUT2D eigenvalue weighted by atomic mass is 9.86. The maximum absolute atomic E-state index is 2.66. The van der Waals surface area contributed by atoms with Crippen molar-refractivity contribution in [2.45, 2.75) is 70.6 Å². The molecule has 0 aromatic carbocycles. The molecule has 2 aliphatic rings. The Morgan fingerprint density at radius 3 is 2.21 bits per heavy atom. The third-order valence-corrected chi connectivity index (χ3v) is 10.1. The first-order valence-corrected chi connectivity index (χ1v) is 9.46. The molecule has 14 heavy (non-hydrogen) atoms. The van der Waals surface area contributed by atoms with Crippen molar-refractivity contribution in [2.75, 3.05) is 0 Å². The molecule has 82 valence electrons. The summed E-state index contributed by atoms with van der Waals surface area (Å²) in [5, 5.41) is 0. The molecular formula is C13H26Si. The van der Waals surface area contributed by atoms with Gasteiger partial charge in [-0.15, -0.1) is 0 Å². The minimum atomic E-state index is -0.859. The van der Waals surface area contributed by atoms with Gasteiger partial charge in [0, 0.05) is 0 Å². The van der Waals surface area contributed by atoms with Crippen LogP contribution in [0.1, 0.15) is 46.5 Å². The van der Waals surface area contributed by atoms with Gasteiger partial charge in [0.25, 0.3) is 0 Å². The highest BCUT2D eigenvalue weighted by molar-refractivity contribution is 6.81. The van der Waals surface area contributed by atoms with Crippen molar-refractivity contribution < 1.29 is 0 Å². The molecule has 1 heterocycles. The topological polar surface area (TPSA) is 0 Å². The smallest absolute Gasteiger partial charge is 0.0539 e. The summed E-state index contributed by atoms with van der Waals surface area (Å²) in [7, 11) is -0.859. The average molecular weight is 210 g/mol. The van der Waals surface area contributed by atoms with Gasteiger partial charge in [-0.05, 0) is 35.3 Å². The summed E-state index contributed by atoms with van der Waals surface area (Å²) in [5.41, 5.74) is 2.88. The van der Waals surface area contributed by atoms with Crippen LogP contribution in [0.5, 0.6) is 0 Å². The molecule has 2 fully saturated rings. The Labute approximate surface area is 90.5 Å². The van der Waals surface area contributed by atoms with E-state index in [2.05, 4.69) is 33.9 Å². The third-order valence-electron chi connectivity index (χ3n) is 4.88. The normalized spacial score (nSPS) is 40.5. The third kappa shape index (κ3) is 1.68. The van der Waals surface area contributed by atoms with Crippen LogP contribution in [-0.4, -0.2) is 8.07 Å². The van der Waals surface area contributed by atoms with Gasteiger partial charge in [-0.25, -0.2) is 0 Å². The van der Waals surface area contributed by atoms with E-state index in [4.69, 9.17) is 0 Å². The molecule has 1 saturated carbocycles. The zero-order valence-corrected chi connectivity index (χ0v) is 11.6. The van der Waals surface area contributed by atoms with Gasteiger partial charge in [0.15, 0.2) is 0 Å². The van der Waals surface area contributed by atoms with Gasteiger partial charge in [0.2, 0.25) is 0 Å². The summed E-state index contributed by atoms with van der Waals surface area (Å²) in [6.07, 6.45) is 6.22. The molecule has 1 heteroatoms. The van der Waals surface area contributed by atoms with Crippen molar-refractivity contribution in [2.24, 2.45) is 11.3 Å². The van der Waals surface area contributed by atoms with Crippen LogP contribution in [0.25, 0.3) is 0 Å². The van der Waals surface area contributed by atoms with E-state index < -0.39 is 8.07 Å². The van der Waals surface area contributed by atoms with Crippen LogP contribution in [0.2, 0.25) is 24.2 Å². The second-order valence-electron chi connectivity index (χ2n) is 7.46. The summed E-state index contributed by atoms with van der Waals surface area (Å²) >= 11 is 0. The van der Waals surface area contributed by atoms with E-state index >= 15 is 0 Å². The van der Waals surface area contributed by atoms with E-state index in [1.54, 1.807) is 19.3 Å². The summed E-state index contributed by atoms with van der Waals surface area (Å²) < 4.78 is 0. The molecule has 2 rings (SSSR count). The monoisotopic (exact) mass is 210 g/mol. The molecule has 0 radical (unpaired) electrons. The molecule has 0 amide bonds. The molecule has 0 nitrogen and oxygen atoms in total.